The standard InChI is InChI=1S/C21H24BrN3O2/c1-23-20-17(22)6-5-7-18(20)25(21(23)26)19-8-3-4-13-24(19)14-15-9-11-16(27-2)12-10-15/h5-7,9-12,19H,3-4,8,13-14H2,1-2H3. The highest BCUT2D eigenvalue weighted by Gasteiger charge is 2.28. The maximum atomic E-state index is 13.1. The molecule has 4 rings (SSSR count). The normalized spacial score (nSPS) is 18.1. The molecule has 0 radical (unpaired) electrons. The van der Waals surface area contributed by atoms with Crippen molar-refractivity contribution in [3.05, 3.63) is 63.0 Å². The topological polar surface area (TPSA) is 39.4 Å². The van der Waals surface area contributed by atoms with Gasteiger partial charge in [-0.05, 0) is 65.0 Å². The van der Waals surface area contributed by atoms with Crippen LogP contribution in [0.4, 0.5) is 0 Å². The van der Waals surface area contributed by atoms with E-state index in [-0.39, 0.29) is 11.9 Å². The number of halogens is 1. The number of methoxy groups -OCH3 is 1. The summed E-state index contributed by atoms with van der Waals surface area (Å²) < 4.78 is 9.94. The predicted octanol–water partition coefficient (Wildman–Crippen LogP) is 4.30. The number of aryl methyl sites for hydroxylation is 1. The first kappa shape index (κ1) is 18.3. The second kappa shape index (κ2) is 7.52. The lowest BCUT2D eigenvalue weighted by Gasteiger charge is -2.36. The zero-order chi connectivity index (χ0) is 19.0. The summed E-state index contributed by atoms with van der Waals surface area (Å²) in [6, 6.07) is 14.2. The van der Waals surface area contributed by atoms with E-state index in [1.54, 1.807) is 11.7 Å². The zero-order valence-corrected chi connectivity index (χ0v) is 17.3. The quantitative estimate of drug-likeness (QED) is 0.620. The van der Waals surface area contributed by atoms with Gasteiger partial charge in [-0.2, -0.15) is 0 Å². The van der Waals surface area contributed by atoms with Crippen molar-refractivity contribution in [2.75, 3.05) is 13.7 Å². The Bertz CT molecular complexity index is 1010. The molecule has 0 N–H and O–H groups in total. The maximum Gasteiger partial charge on any atom is 0.330 e. The molecule has 3 aromatic rings. The Labute approximate surface area is 167 Å². The molecule has 1 saturated heterocycles. The van der Waals surface area contributed by atoms with E-state index >= 15 is 0 Å². The summed E-state index contributed by atoms with van der Waals surface area (Å²) in [6.07, 6.45) is 3.37. The fourth-order valence-electron chi connectivity index (χ4n) is 4.09. The molecular weight excluding hydrogens is 406 g/mol. The molecule has 27 heavy (non-hydrogen) atoms. The van der Waals surface area contributed by atoms with Crippen LogP contribution in [0.3, 0.4) is 0 Å². The van der Waals surface area contributed by atoms with Gasteiger partial charge in [-0.25, -0.2) is 4.79 Å². The van der Waals surface area contributed by atoms with Crippen molar-refractivity contribution in [1.29, 1.82) is 0 Å². The van der Waals surface area contributed by atoms with E-state index in [1.165, 1.54) is 5.56 Å². The smallest absolute Gasteiger partial charge is 0.330 e. The molecule has 1 unspecified atom stereocenters. The molecule has 6 heteroatoms. The number of ether oxygens (including phenoxy) is 1. The molecule has 1 atom stereocenters. The summed E-state index contributed by atoms with van der Waals surface area (Å²) >= 11 is 3.60. The summed E-state index contributed by atoms with van der Waals surface area (Å²) in [5, 5.41) is 0. The Morgan fingerprint density at radius 3 is 2.67 bits per heavy atom. The van der Waals surface area contributed by atoms with Crippen molar-refractivity contribution in [1.82, 2.24) is 14.0 Å². The number of piperidine rings is 1. The van der Waals surface area contributed by atoms with Crippen molar-refractivity contribution < 1.29 is 4.74 Å². The van der Waals surface area contributed by atoms with Crippen molar-refractivity contribution in [3.63, 3.8) is 0 Å². The first-order valence-electron chi connectivity index (χ1n) is 9.32. The molecule has 2 aromatic carbocycles. The monoisotopic (exact) mass is 429 g/mol. The van der Waals surface area contributed by atoms with Gasteiger partial charge in [-0.15, -0.1) is 0 Å². The van der Waals surface area contributed by atoms with Crippen LogP contribution in [0.1, 0.15) is 31.0 Å². The van der Waals surface area contributed by atoms with Crippen LogP contribution in [0, 0.1) is 0 Å². The summed E-state index contributed by atoms with van der Waals surface area (Å²) in [4.78, 5) is 15.5. The van der Waals surface area contributed by atoms with Crippen molar-refractivity contribution in [2.45, 2.75) is 32.0 Å². The number of imidazole rings is 1. The van der Waals surface area contributed by atoms with Gasteiger partial charge in [0.1, 0.15) is 5.75 Å². The van der Waals surface area contributed by atoms with Gasteiger partial charge in [-0.3, -0.25) is 14.0 Å². The number of likely N-dealkylation sites (tertiary alicyclic amines) is 1. The van der Waals surface area contributed by atoms with Crippen molar-refractivity contribution >= 4 is 27.0 Å². The Morgan fingerprint density at radius 2 is 1.93 bits per heavy atom. The Kier molecular flexibility index (Phi) is 5.10. The van der Waals surface area contributed by atoms with Gasteiger partial charge in [0.2, 0.25) is 0 Å². The van der Waals surface area contributed by atoms with Gasteiger partial charge in [-0.1, -0.05) is 18.2 Å². The Balaban J connectivity index is 1.73. The molecule has 1 fully saturated rings. The number of aromatic nitrogens is 2. The van der Waals surface area contributed by atoms with E-state index in [1.807, 2.05) is 41.9 Å². The number of benzene rings is 2. The largest absolute Gasteiger partial charge is 0.497 e. The number of nitrogens with zero attached hydrogens (tertiary/aromatic N) is 3. The number of rotatable bonds is 4. The van der Waals surface area contributed by atoms with Crippen molar-refractivity contribution in [3.8, 4) is 5.75 Å². The van der Waals surface area contributed by atoms with Crippen LogP contribution in [0.25, 0.3) is 11.0 Å². The van der Waals surface area contributed by atoms with Crippen LogP contribution in [-0.2, 0) is 13.6 Å². The molecule has 0 amide bonds. The zero-order valence-electron chi connectivity index (χ0n) is 15.7. The van der Waals surface area contributed by atoms with Crippen LogP contribution in [0.2, 0.25) is 0 Å². The minimum atomic E-state index is 0.0449. The molecule has 0 bridgehead atoms. The summed E-state index contributed by atoms with van der Waals surface area (Å²) in [5.74, 6) is 0.865. The number of fused-ring (bicyclic) bond motifs is 1. The van der Waals surface area contributed by atoms with E-state index < -0.39 is 0 Å². The maximum absolute atomic E-state index is 13.1. The third-order valence-electron chi connectivity index (χ3n) is 5.48. The van der Waals surface area contributed by atoms with Gasteiger partial charge in [0.15, 0.2) is 0 Å². The average molecular weight is 430 g/mol. The minimum Gasteiger partial charge on any atom is -0.497 e. The molecule has 0 saturated carbocycles. The fraction of sp³-hybridized carbons (Fsp3) is 0.381. The Hall–Kier alpha value is -2.05. The average Bonchev–Trinajstić information content (AvgIpc) is 2.95. The highest BCUT2D eigenvalue weighted by molar-refractivity contribution is 9.10. The summed E-state index contributed by atoms with van der Waals surface area (Å²) in [6.45, 7) is 1.82. The van der Waals surface area contributed by atoms with Crippen LogP contribution < -0.4 is 10.4 Å². The van der Waals surface area contributed by atoms with E-state index in [2.05, 4.69) is 33.0 Å². The molecule has 0 aliphatic carbocycles. The molecule has 1 aliphatic rings. The molecule has 0 spiro atoms. The SMILES string of the molecule is COc1ccc(CN2CCCCC2n2c(=O)n(C)c3c(Br)cccc32)cc1. The molecule has 142 valence electrons. The van der Waals surface area contributed by atoms with E-state index in [0.29, 0.717) is 0 Å². The second-order valence-corrected chi connectivity index (χ2v) is 7.97. The van der Waals surface area contributed by atoms with Gasteiger partial charge in [0.05, 0.1) is 24.3 Å². The minimum absolute atomic E-state index is 0.0449. The molecule has 2 heterocycles. The predicted molar refractivity (Wildman–Crippen MR) is 111 cm³/mol. The Morgan fingerprint density at radius 1 is 1.15 bits per heavy atom. The lowest BCUT2D eigenvalue weighted by molar-refractivity contribution is 0.0876. The molecule has 1 aliphatic heterocycles. The lowest BCUT2D eigenvalue weighted by atomic mass is 10.1. The summed E-state index contributed by atoms with van der Waals surface area (Å²) in [7, 11) is 3.53. The van der Waals surface area contributed by atoms with Crippen molar-refractivity contribution in [2.24, 2.45) is 7.05 Å². The van der Waals surface area contributed by atoms with Crippen LogP contribution in [0.5, 0.6) is 5.75 Å². The van der Waals surface area contributed by atoms with E-state index in [9.17, 15) is 4.79 Å². The van der Waals surface area contributed by atoms with E-state index in [0.717, 1.165) is 53.6 Å². The number of hydrogen-bond acceptors (Lipinski definition) is 3. The molecule has 5 nitrogen and oxygen atoms in total. The first-order chi connectivity index (χ1) is 13.1. The third kappa shape index (κ3) is 3.32. The molecule has 1 aromatic heterocycles. The fourth-order valence-corrected chi connectivity index (χ4v) is 4.72. The number of para-hydroxylation sites is 1. The van der Waals surface area contributed by atoms with Crippen LogP contribution >= 0.6 is 15.9 Å². The van der Waals surface area contributed by atoms with E-state index in [4.69, 9.17) is 4.74 Å². The summed E-state index contributed by atoms with van der Waals surface area (Å²) in [5.41, 5.74) is 3.22. The van der Waals surface area contributed by atoms with Gasteiger partial charge in [0.25, 0.3) is 0 Å². The molecular formula is C21H24BrN3O2. The van der Waals surface area contributed by atoms with Crippen LogP contribution in [-0.4, -0.2) is 27.7 Å². The lowest BCUT2D eigenvalue weighted by Crippen LogP contribution is -2.40. The third-order valence-corrected chi connectivity index (χ3v) is 6.12. The van der Waals surface area contributed by atoms with Crippen LogP contribution in [0.15, 0.2) is 51.7 Å². The first-order valence-corrected chi connectivity index (χ1v) is 10.1. The highest BCUT2D eigenvalue weighted by Crippen LogP contribution is 2.31. The van der Waals surface area contributed by atoms with Gasteiger partial charge < -0.3 is 4.74 Å². The second-order valence-electron chi connectivity index (χ2n) is 7.11. The van der Waals surface area contributed by atoms with Gasteiger partial charge >= 0.3 is 5.69 Å². The van der Waals surface area contributed by atoms with Gasteiger partial charge in [0, 0.05) is 24.6 Å². The highest BCUT2D eigenvalue weighted by atomic mass is 79.9. The number of hydrogen-bond donors (Lipinski definition) is 0.